The normalized spacial score (nSPS) is 11.6. The van der Waals surface area contributed by atoms with Crippen molar-refractivity contribution >= 4 is 0 Å². The zero-order valence-electron chi connectivity index (χ0n) is 8.73. The molecule has 0 bridgehead atoms. The third kappa shape index (κ3) is 2.96. The SMILES string of the molecule is CC(C)(CN)CCn1cccnc1=O. The number of rotatable bonds is 4. The van der Waals surface area contributed by atoms with Crippen LogP contribution in [0.2, 0.25) is 0 Å². The molecule has 0 aromatic carbocycles. The first kappa shape index (κ1) is 10.9. The Morgan fingerprint density at radius 1 is 1.57 bits per heavy atom. The Morgan fingerprint density at radius 2 is 2.29 bits per heavy atom. The van der Waals surface area contributed by atoms with E-state index in [2.05, 4.69) is 18.8 Å². The van der Waals surface area contributed by atoms with Crippen molar-refractivity contribution in [3.05, 3.63) is 28.9 Å². The first-order valence-electron chi connectivity index (χ1n) is 4.77. The van der Waals surface area contributed by atoms with Gasteiger partial charge in [0.25, 0.3) is 0 Å². The second-order valence-corrected chi connectivity index (χ2v) is 4.21. The molecule has 1 heterocycles. The highest BCUT2D eigenvalue weighted by Crippen LogP contribution is 2.18. The molecule has 0 atom stereocenters. The molecule has 0 amide bonds. The van der Waals surface area contributed by atoms with Gasteiger partial charge in [0.15, 0.2) is 0 Å². The number of nitrogens with two attached hydrogens (primary N) is 1. The zero-order chi connectivity index (χ0) is 10.6. The van der Waals surface area contributed by atoms with Crippen LogP contribution in [0.15, 0.2) is 23.3 Å². The minimum absolute atomic E-state index is 0.0787. The fourth-order valence-electron chi connectivity index (χ4n) is 1.08. The van der Waals surface area contributed by atoms with E-state index in [9.17, 15) is 4.79 Å². The summed E-state index contributed by atoms with van der Waals surface area (Å²) in [7, 11) is 0. The van der Waals surface area contributed by atoms with Gasteiger partial charge in [0.05, 0.1) is 0 Å². The summed E-state index contributed by atoms with van der Waals surface area (Å²) in [5, 5.41) is 0. The summed E-state index contributed by atoms with van der Waals surface area (Å²) in [6, 6.07) is 1.76. The maximum atomic E-state index is 11.2. The minimum atomic E-state index is -0.194. The predicted molar refractivity (Wildman–Crippen MR) is 55.9 cm³/mol. The van der Waals surface area contributed by atoms with Gasteiger partial charge in [0, 0.05) is 18.9 Å². The van der Waals surface area contributed by atoms with E-state index in [-0.39, 0.29) is 11.1 Å². The average molecular weight is 195 g/mol. The molecule has 0 spiro atoms. The number of hydrogen-bond acceptors (Lipinski definition) is 3. The lowest BCUT2D eigenvalue weighted by molar-refractivity contribution is 0.321. The Bertz CT molecular complexity index is 343. The molecule has 1 aromatic heterocycles. The molecule has 0 fully saturated rings. The van der Waals surface area contributed by atoms with E-state index in [0.29, 0.717) is 13.1 Å². The van der Waals surface area contributed by atoms with Crippen molar-refractivity contribution in [3.8, 4) is 0 Å². The van der Waals surface area contributed by atoms with E-state index in [1.165, 1.54) is 6.20 Å². The molecule has 4 heteroatoms. The lowest BCUT2D eigenvalue weighted by Crippen LogP contribution is -2.28. The Labute approximate surface area is 83.8 Å². The van der Waals surface area contributed by atoms with Crippen molar-refractivity contribution in [1.82, 2.24) is 9.55 Å². The van der Waals surface area contributed by atoms with Crippen molar-refractivity contribution in [2.75, 3.05) is 6.54 Å². The van der Waals surface area contributed by atoms with E-state index < -0.39 is 0 Å². The van der Waals surface area contributed by atoms with Crippen molar-refractivity contribution in [3.63, 3.8) is 0 Å². The number of aryl methyl sites for hydroxylation is 1. The molecule has 2 N–H and O–H groups in total. The van der Waals surface area contributed by atoms with E-state index in [1.807, 2.05) is 0 Å². The van der Waals surface area contributed by atoms with Gasteiger partial charge in [-0.15, -0.1) is 0 Å². The average Bonchev–Trinajstić information content (AvgIpc) is 2.17. The van der Waals surface area contributed by atoms with Crippen LogP contribution in [0.5, 0.6) is 0 Å². The molecule has 0 aliphatic heterocycles. The molecule has 1 aromatic rings. The van der Waals surface area contributed by atoms with Gasteiger partial charge < -0.3 is 5.73 Å². The summed E-state index contributed by atoms with van der Waals surface area (Å²) in [5.41, 5.74) is 5.49. The molecular formula is C10H17N3O. The molecule has 1 rings (SSSR count). The van der Waals surface area contributed by atoms with Gasteiger partial charge in [-0.3, -0.25) is 4.57 Å². The maximum absolute atomic E-state index is 11.2. The zero-order valence-corrected chi connectivity index (χ0v) is 8.73. The molecule has 0 saturated carbocycles. The molecule has 78 valence electrons. The molecule has 0 radical (unpaired) electrons. The Kier molecular flexibility index (Phi) is 3.41. The largest absolute Gasteiger partial charge is 0.347 e. The highest BCUT2D eigenvalue weighted by molar-refractivity contribution is 4.81. The predicted octanol–water partition coefficient (Wildman–Crippen LogP) is 0.618. The van der Waals surface area contributed by atoms with Gasteiger partial charge in [0.1, 0.15) is 0 Å². The Balaban J connectivity index is 2.63. The standard InChI is InChI=1S/C10H17N3O/c1-10(2,8-11)4-7-13-6-3-5-12-9(13)14/h3,5-6H,4,7-8,11H2,1-2H3. The lowest BCUT2D eigenvalue weighted by atomic mass is 9.90. The monoisotopic (exact) mass is 195 g/mol. The van der Waals surface area contributed by atoms with Crippen LogP contribution in [0.3, 0.4) is 0 Å². The molecule has 0 unspecified atom stereocenters. The van der Waals surface area contributed by atoms with E-state index in [0.717, 1.165) is 6.42 Å². The summed E-state index contributed by atoms with van der Waals surface area (Å²) >= 11 is 0. The summed E-state index contributed by atoms with van der Waals surface area (Å²) in [4.78, 5) is 14.9. The van der Waals surface area contributed by atoms with E-state index in [4.69, 9.17) is 5.73 Å². The smallest absolute Gasteiger partial charge is 0.330 e. The molecular weight excluding hydrogens is 178 g/mol. The van der Waals surface area contributed by atoms with Gasteiger partial charge in [-0.1, -0.05) is 13.8 Å². The third-order valence-corrected chi connectivity index (χ3v) is 2.36. The summed E-state index contributed by atoms with van der Waals surface area (Å²) < 4.78 is 1.61. The Morgan fingerprint density at radius 3 is 2.86 bits per heavy atom. The van der Waals surface area contributed by atoms with Gasteiger partial charge in [-0.05, 0) is 24.4 Å². The molecule has 4 nitrogen and oxygen atoms in total. The van der Waals surface area contributed by atoms with Crippen LogP contribution in [-0.4, -0.2) is 16.1 Å². The molecule has 0 aliphatic carbocycles. The topological polar surface area (TPSA) is 60.9 Å². The van der Waals surface area contributed by atoms with Crippen LogP contribution in [0, 0.1) is 5.41 Å². The second kappa shape index (κ2) is 4.37. The van der Waals surface area contributed by atoms with Gasteiger partial charge in [-0.25, -0.2) is 9.78 Å². The first-order chi connectivity index (χ1) is 6.55. The van der Waals surface area contributed by atoms with Crippen LogP contribution in [0.4, 0.5) is 0 Å². The van der Waals surface area contributed by atoms with Crippen molar-refractivity contribution in [1.29, 1.82) is 0 Å². The second-order valence-electron chi connectivity index (χ2n) is 4.21. The van der Waals surface area contributed by atoms with Crippen LogP contribution in [0.1, 0.15) is 20.3 Å². The summed E-state index contributed by atoms with van der Waals surface area (Å²) in [5.74, 6) is 0. The van der Waals surface area contributed by atoms with Gasteiger partial charge in [0.2, 0.25) is 0 Å². The van der Waals surface area contributed by atoms with Gasteiger partial charge in [-0.2, -0.15) is 0 Å². The Hall–Kier alpha value is -1.16. The quantitative estimate of drug-likeness (QED) is 0.766. The fourth-order valence-corrected chi connectivity index (χ4v) is 1.08. The first-order valence-corrected chi connectivity index (χ1v) is 4.77. The number of hydrogen-bond donors (Lipinski definition) is 1. The molecule has 0 saturated heterocycles. The number of aromatic nitrogens is 2. The summed E-state index contributed by atoms with van der Waals surface area (Å²) in [6.07, 6.45) is 4.14. The van der Waals surface area contributed by atoms with E-state index >= 15 is 0 Å². The van der Waals surface area contributed by atoms with Gasteiger partial charge >= 0.3 is 5.69 Å². The third-order valence-electron chi connectivity index (χ3n) is 2.36. The van der Waals surface area contributed by atoms with Crippen molar-refractivity contribution in [2.45, 2.75) is 26.8 Å². The molecule has 0 aliphatic rings. The van der Waals surface area contributed by atoms with Crippen LogP contribution >= 0.6 is 0 Å². The van der Waals surface area contributed by atoms with Crippen molar-refractivity contribution < 1.29 is 0 Å². The number of nitrogens with zero attached hydrogens (tertiary/aromatic N) is 2. The maximum Gasteiger partial charge on any atom is 0.347 e. The highest BCUT2D eigenvalue weighted by Gasteiger charge is 2.15. The minimum Gasteiger partial charge on any atom is -0.330 e. The summed E-state index contributed by atoms with van der Waals surface area (Å²) in [6.45, 7) is 5.49. The molecule has 14 heavy (non-hydrogen) atoms. The van der Waals surface area contributed by atoms with E-state index in [1.54, 1.807) is 16.8 Å². The fraction of sp³-hybridized carbons (Fsp3) is 0.600. The van der Waals surface area contributed by atoms with Crippen molar-refractivity contribution in [2.24, 2.45) is 11.1 Å². The van der Waals surface area contributed by atoms with Crippen LogP contribution in [-0.2, 0) is 6.54 Å². The lowest BCUT2D eigenvalue weighted by Gasteiger charge is -2.22. The highest BCUT2D eigenvalue weighted by atomic mass is 16.1. The van der Waals surface area contributed by atoms with Crippen LogP contribution in [0.25, 0.3) is 0 Å². The van der Waals surface area contributed by atoms with Crippen LogP contribution < -0.4 is 11.4 Å².